The van der Waals surface area contributed by atoms with Crippen LogP contribution in [0.2, 0.25) is 0 Å². The molecule has 3 N–H and O–H groups in total. The van der Waals surface area contributed by atoms with E-state index in [-0.39, 0.29) is 11.6 Å². The molecule has 0 aliphatic heterocycles. The van der Waals surface area contributed by atoms with Gasteiger partial charge in [0.05, 0.1) is 18.1 Å². The zero-order valence-electron chi connectivity index (χ0n) is 11.5. The van der Waals surface area contributed by atoms with Crippen LogP contribution in [0, 0.1) is 18.3 Å². The van der Waals surface area contributed by atoms with Crippen LogP contribution >= 0.6 is 0 Å². The lowest BCUT2D eigenvalue weighted by Crippen LogP contribution is -2.32. The molecular weight excluding hydrogens is 242 g/mol. The fraction of sp³-hybridized carbons (Fsp3) is 0.429. The SMILES string of the molecule is Cc1cc(N(CCC#N)C(C)C)cc(C(=O)O)c1N. The van der Waals surface area contributed by atoms with Gasteiger partial charge < -0.3 is 15.7 Å². The summed E-state index contributed by atoms with van der Waals surface area (Å²) in [5, 5.41) is 17.9. The molecule has 1 aromatic carbocycles. The molecule has 0 radical (unpaired) electrons. The lowest BCUT2D eigenvalue weighted by molar-refractivity contribution is 0.0698. The monoisotopic (exact) mass is 261 g/mol. The second-order valence-corrected chi connectivity index (χ2v) is 4.72. The Kier molecular flexibility index (Phi) is 4.76. The van der Waals surface area contributed by atoms with Gasteiger partial charge in [0.2, 0.25) is 0 Å². The van der Waals surface area contributed by atoms with Crippen LogP contribution in [-0.4, -0.2) is 23.7 Å². The van der Waals surface area contributed by atoms with Crippen LogP contribution in [0.3, 0.4) is 0 Å². The fourth-order valence-corrected chi connectivity index (χ4v) is 1.98. The van der Waals surface area contributed by atoms with Crippen LogP contribution < -0.4 is 10.6 Å². The van der Waals surface area contributed by atoms with Crippen LogP contribution in [0.25, 0.3) is 0 Å². The van der Waals surface area contributed by atoms with Gasteiger partial charge in [0.1, 0.15) is 0 Å². The van der Waals surface area contributed by atoms with Gasteiger partial charge in [-0.05, 0) is 38.5 Å². The number of carboxylic acid groups (broad SMARTS) is 1. The van der Waals surface area contributed by atoms with E-state index >= 15 is 0 Å². The summed E-state index contributed by atoms with van der Waals surface area (Å²) in [4.78, 5) is 13.2. The highest BCUT2D eigenvalue weighted by Gasteiger charge is 2.16. The van der Waals surface area contributed by atoms with Gasteiger partial charge in [-0.3, -0.25) is 0 Å². The van der Waals surface area contributed by atoms with E-state index in [4.69, 9.17) is 16.1 Å². The predicted molar refractivity (Wildman–Crippen MR) is 75.3 cm³/mol. The average molecular weight is 261 g/mol. The van der Waals surface area contributed by atoms with Crippen molar-refractivity contribution in [1.29, 1.82) is 5.26 Å². The van der Waals surface area contributed by atoms with Crippen molar-refractivity contribution in [2.45, 2.75) is 33.2 Å². The van der Waals surface area contributed by atoms with E-state index in [1.807, 2.05) is 24.8 Å². The number of anilines is 2. The Morgan fingerprint density at radius 2 is 2.16 bits per heavy atom. The number of nitrogens with zero attached hydrogens (tertiary/aromatic N) is 2. The minimum atomic E-state index is -1.04. The van der Waals surface area contributed by atoms with E-state index in [1.165, 1.54) is 0 Å². The van der Waals surface area contributed by atoms with E-state index in [1.54, 1.807) is 13.0 Å². The van der Waals surface area contributed by atoms with Crippen LogP contribution in [0.5, 0.6) is 0 Å². The first-order chi connectivity index (χ1) is 8.88. The summed E-state index contributed by atoms with van der Waals surface area (Å²) in [5.74, 6) is -1.04. The van der Waals surface area contributed by atoms with Gasteiger partial charge >= 0.3 is 5.97 Å². The number of aryl methyl sites for hydroxylation is 1. The summed E-state index contributed by atoms with van der Waals surface area (Å²) in [5.41, 5.74) is 7.70. The van der Waals surface area contributed by atoms with E-state index in [9.17, 15) is 4.79 Å². The summed E-state index contributed by atoms with van der Waals surface area (Å²) in [6.45, 7) is 6.36. The molecule has 5 nitrogen and oxygen atoms in total. The van der Waals surface area contributed by atoms with Gasteiger partial charge in [-0.2, -0.15) is 5.26 Å². The average Bonchev–Trinajstić information content (AvgIpc) is 2.32. The third kappa shape index (κ3) is 3.38. The number of rotatable bonds is 5. The molecule has 0 saturated carbocycles. The predicted octanol–water partition coefficient (Wildman–Crippen LogP) is 2.40. The molecule has 0 aromatic heterocycles. The zero-order chi connectivity index (χ0) is 14.6. The molecule has 1 rings (SSSR count). The van der Waals surface area contributed by atoms with Gasteiger partial charge in [-0.15, -0.1) is 0 Å². The fourth-order valence-electron chi connectivity index (χ4n) is 1.98. The minimum Gasteiger partial charge on any atom is -0.478 e. The van der Waals surface area contributed by atoms with Crippen molar-refractivity contribution in [2.24, 2.45) is 0 Å². The van der Waals surface area contributed by atoms with Crippen LogP contribution in [-0.2, 0) is 0 Å². The van der Waals surface area contributed by atoms with Crippen LogP contribution in [0.4, 0.5) is 11.4 Å². The van der Waals surface area contributed by atoms with Crippen LogP contribution in [0.15, 0.2) is 12.1 Å². The maximum atomic E-state index is 11.2. The highest BCUT2D eigenvalue weighted by Crippen LogP contribution is 2.27. The lowest BCUT2D eigenvalue weighted by Gasteiger charge is -2.29. The molecule has 1 aromatic rings. The Labute approximate surface area is 113 Å². The molecule has 0 saturated heterocycles. The molecular formula is C14H19N3O2. The van der Waals surface area contributed by atoms with Gasteiger partial charge in [0, 0.05) is 24.0 Å². The van der Waals surface area contributed by atoms with Crippen molar-refractivity contribution in [3.05, 3.63) is 23.3 Å². The number of hydrogen-bond acceptors (Lipinski definition) is 4. The summed E-state index contributed by atoms with van der Waals surface area (Å²) >= 11 is 0. The number of carbonyl (C=O) groups is 1. The van der Waals surface area contributed by atoms with Crippen molar-refractivity contribution in [3.8, 4) is 6.07 Å². The summed E-state index contributed by atoms with van der Waals surface area (Å²) < 4.78 is 0. The second-order valence-electron chi connectivity index (χ2n) is 4.72. The summed E-state index contributed by atoms with van der Waals surface area (Å²) in [6, 6.07) is 5.71. The second kappa shape index (κ2) is 6.10. The third-order valence-corrected chi connectivity index (χ3v) is 3.02. The molecule has 19 heavy (non-hydrogen) atoms. The highest BCUT2D eigenvalue weighted by molar-refractivity contribution is 5.95. The molecule has 0 aliphatic carbocycles. The standard InChI is InChI=1S/C14H19N3O2/c1-9(2)17(6-4-5-15)11-7-10(3)13(16)12(8-11)14(18)19/h7-9H,4,6,16H2,1-3H3,(H,18,19). The Morgan fingerprint density at radius 1 is 1.53 bits per heavy atom. The van der Waals surface area contributed by atoms with Crippen LogP contribution in [0.1, 0.15) is 36.2 Å². The number of nitrogens with two attached hydrogens (primary N) is 1. The molecule has 102 valence electrons. The number of hydrogen-bond donors (Lipinski definition) is 2. The Hall–Kier alpha value is -2.22. The topological polar surface area (TPSA) is 90.3 Å². The van der Waals surface area contributed by atoms with Gasteiger partial charge in [-0.1, -0.05) is 0 Å². The maximum Gasteiger partial charge on any atom is 0.337 e. The molecule has 0 bridgehead atoms. The first-order valence-corrected chi connectivity index (χ1v) is 6.15. The Balaban J connectivity index is 3.24. The molecule has 0 amide bonds. The lowest BCUT2D eigenvalue weighted by atomic mass is 10.1. The quantitative estimate of drug-likeness (QED) is 0.794. The number of nitrogen functional groups attached to an aromatic ring is 1. The summed E-state index contributed by atoms with van der Waals surface area (Å²) in [7, 11) is 0. The Morgan fingerprint density at radius 3 is 2.63 bits per heavy atom. The van der Waals surface area contributed by atoms with E-state index in [2.05, 4.69) is 6.07 Å². The largest absolute Gasteiger partial charge is 0.478 e. The van der Waals surface area contributed by atoms with Crippen molar-refractivity contribution in [2.75, 3.05) is 17.2 Å². The van der Waals surface area contributed by atoms with E-state index in [0.29, 0.717) is 18.7 Å². The molecule has 0 spiro atoms. The molecule has 5 heteroatoms. The number of aromatic carboxylic acids is 1. The van der Waals surface area contributed by atoms with Crippen molar-refractivity contribution < 1.29 is 9.90 Å². The number of benzene rings is 1. The zero-order valence-corrected chi connectivity index (χ0v) is 11.5. The Bertz CT molecular complexity index is 518. The van der Waals surface area contributed by atoms with Crippen molar-refractivity contribution in [1.82, 2.24) is 0 Å². The normalized spacial score (nSPS) is 10.3. The van der Waals surface area contributed by atoms with Crippen molar-refractivity contribution >= 4 is 17.3 Å². The number of carboxylic acids is 1. The minimum absolute atomic E-state index is 0.109. The number of nitriles is 1. The smallest absolute Gasteiger partial charge is 0.337 e. The molecule has 0 aliphatic rings. The third-order valence-electron chi connectivity index (χ3n) is 3.02. The van der Waals surface area contributed by atoms with Gasteiger partial charge in [0.25, 0.3) is 0 Å². The molecule has 0 unspecified atom stereocenters. The first kappa shape index (κ1) is 14.8. The van der Waals surface area contributed by atoms with Gasteiger partial charge in [0.15, 0.2) is 0 Å². The van der Waals surface area contributed by atoms with Crippen molar-refractivity contribution in [3.63, 3.8) is 0 Å². The first-order valence-electron chi connectivity index (χ1n) is 6.15. The van der Waals surface area contributed by atoms with E-state index in [0.717, 1.165) is 11.3 Å². The van der Waals surface area contributed by atoms with E-state index < -0.39 is 5.97 Å². The summed E-state index contributed by atoms with van der Waals surface area (Å²) in [6.07, 6.45) is 0.393. The maximum absolute atomic E-state index is 11.2. The molecule has 0 atom stereocenters. The molecule has 0 fully saturated rings. The highest BCUT2D eigenvalue weighted by atomic mass is 16.4. The van der Waals surface area contributed by atoms with Gasteiger partial charge in [-0.25, -0.2) is 4.79 Å². The molecule has 0 heterocycles.